The molecule has 9 heteroatoms. The lowest BCUT2D eigenvalue weighted by Crippen LogP contribution is -2.19. The Balaban J connectivity index is 1.80. The van der Waals surface area contributed by atoms with E-state index >= 15 is 0 Å². The summed E-state index contributed by atoms with van der Waals surface area (Å²) in [6.07, 6.45) is 0. The Kier molecular flexibility index (Phi) is 6.19. The fourth-order valence-electron chi connectivity index (χ4n) is 2.24. The minimum absolute atomic E-state index is 0.390. The summed E-state index contributed by atoms with van der Waals surface area (Å²) in [7, 11) is 1.33. The number of methoxy groups -OCH3 is 1. The molecule has 3 rings (SSSR count). The van der Waals surface area contributed by atoms with Gasteiger partial charge in [-0.05, 0) is 64.5 Å². The summed E-state index contributed by atoms with van der Waals surface area (Å²) in [5.41, 5.74) is 1.64. The van der Waals surface area contributed by atoms with E-state index in [4.69, 9.17) is 28.6 Å². The third-order valence-electron chi connectivity index (χ3n) is 3.44. The van der Waals surface area contributed by atoms with Crippen LogP contribution in [0.5, 0.6) is 0 Å². The lowest BCUT2D eigenvalue weighted by molar-refractivity contribution is 0.0606. The van der Waals surface area contributed by atoms with Crippen molar-refractivity contribution < 1.29 is 9.53 Å². The lowest BCUT2D eigenvalue weighted by Gasteiger charge is -2.12. The summed E-state index contributed by atoms with van der Waals surface area (Å²) in [5, 5.41) is 7.92. The summed E-state index contributed by atoms with van der Waals surface area (Å²) in [6, 6.07) is 11.4. The molecule has 0 saturated heterocycles. The van der Waals surface area contributed by atoms with Crippen LogP contribution in [-0.2, 0) is 4.74 Å². The Labute approximate surface area is 181 Å². The normalized spacial score (nSPS) is 10.6. The third kappa shape index (κ3) is 4.20. The van der Waals surface area contributed by atoms with Crippen molar-refractivity contribution in [3.05, 3.63) is 55.2 Å². The van der Waals surface area contributed by atoms with Gasteiger partial charge in [0.1, 0.15) is 4.88 Å². The Morgan fingerprint density at radius 3 is 2.65 bits per heavy atom. The first-order valence-corrected chi connectivity index (χ1v) is 10.4. The average Bonchev–Trinajstić information content (AvgIpc) is 2.93. The van der Waals surface area contributed by atoms with Crippen LogP contribution >= 0.6 is 67.0 Å². The van der Waals surface area contributed by atoms with Crippen LogP contribution in [0.1, 0.15) is 9.67 Å². The van der Waals surface area contributed by atoms with Crippen molar-refractivity contribution in [2.24, 2.45) is 0 Å². The molecular weight excluding hydrogens is 524 g/mol. The monoisotopic (exact) mass is 532 g/mol. The molecule has 0 saturated carbocycles. The zero-order valence-corrected chi connectivity index (χ0v) is 18.8. The smallest absolute Gasteiger partial charge is 0.349 e. The Bertz CT molecular complexity index is 1020. The summed E-state index contributed by atoms with van der Waals surface area (Å²) in [6.45, 7) is 0. The van der Waals surface area contributed by atoms with Gasteiger partial charge in [-0.25, -0.2) is 4.79 Å². The molecular formula is C17H11Br2ClN2O2S2. The molecule has 0 spiro atoms. The summed E-state index contributed by atoms with van der Waals surface area (Å²) < 4.78 is 7.48. The van der Waals surface area contributed by atoms with Gasteiger partial charge in [-0.1, -0.05) is 27.5 Å². The third-order valence-corrected chi connectivity index (χ3v) is 6.43. The molecule has 0 aliphatic carbocycles. The highest BCUT2D eigenvalue weighted by atomic mass is 79.9. The summed E-state index contributed by atoms with van der Waals surface area (Å²) in [5.74, 6) is -0.442. The molecule has 134 valence electrons. The number of anilines is 2. The maximum atomic E-state index is 11.8. The molecule has 0 amide bonds. The second kappa shape index (κ2) is 8.22. The van der Waals surface area contributed by atoms with Crippen LogP contribution in [0.3, 0.4) is 0 Å². The number of nitrogens with one attached hydrogen (secondary N) is 2. The zero-order valence-electron chi connectivity index (χ0n) is 13.2. The molecule has 3 aromatic rings. The first-order valence-electron chi connectivity index (χ1n) is 7.22. The standard InChI is InChI=1S/C17H11Br2ClN2O2S2/c1-24-16(23)15-14(20)10-4-3-9(7-13(10)26-15)21-17(25)22-12-5-2-8(18)6-11(12)19/h2-7H,1H3,(H2,21,22,25). The number of thiophene rings is 1. The highest BCUT2D eigenvalue weighted by Gasteiger charge is 2.17. The SMILES string of the molecule is COC(=O)c1sc2cc(NC(=S)Nc3ccc(Br)cc3Br)ccc2c1Cl. The number of carbonyl (C=O) groups excluding carboxylic acids is 1. The predicted octanol–water partition coefficient (Wildman–Crippen LogP) is 6.68. The quantitative estimate of drug-likeness (QED) is 0.290. The molecule has 0 aliphatic heterocycles. The number of hydrogen-bond acceptors (Lipinski definition) is 4. The Morgan fingerprint density at radius 2 is 1.96 bits per heavy atom. The number of thiocarbonyl (C=S) groups is 1. The van der Waals surface area contributed by atoms with Crippen molar-refractivity contribution in [1.29, 1.82) is 0 Å². The zero-order chi connectivity index (χ0) is 18.8. The van der Waals surface area contributed by atoms with E-state index in [1.165, 1.54) is 18.4 Å². The van der Waals surface area contributed by atoms with Crippen molar-refractivity contribution in [3.63, 3.8) is 0 Å². The highest BCUT2D eigenvalue weighted by molar-refractivity contribution is 9.11. The van der Waals surface area contributed by atoms with Crippen LogP contribution in [0.25, 0.3) is 10.1 Å². The number of carbonyl (C=O) groups is 1. The molecule has 0 radical (unpaired) electrons. The lowest BCUT2D eigenvalue weighted by atomic mass is 10.2. The van der Waals surface area contributed by atoms with E-state index in [1.54, 1.807) is 0 Å². The molecule has 2 N–H and O–H groups in total. The van der Waals surface area contributed by atoms with Gasteiger partial charge in [-0.2, -0.15) is 0 Å². The van der Waals surface area contributed by atoms with Gasteiger partial charge >= 0.3 is 5.97 Å². The van der Waals surface area contributed by atoms with Gasteiger partial charge in [0, 0.05) is 24.7 Å². The maximum Gasteiger partial charge on any atom is 0.349 e. The van der Waals surface area contributed by atoms with Crippen molar-refractivity contribution in [3.8, 4) is 0 Å². The van der Waals surface area contributed by atoms with E-state index in [-0.39, 0.29) is 0 Å². The van der Waals surface area contributed by atoms with Gasteiger partial charge in [-0.15, -0.1) is 11.3 Å². The molecule has 0 bridgehead atoms. The van der Waals surface area contributed by atoms with E-state index in [0.717, 1.165) is 30.4 Å². The van der Waals surface area contributed by atoms with Gasteiger partial charge in [0.05, 0.1) is 17.8 Å². The summed E-state index contributed by atoms with van der Waals surface area (Å²) in [4.78, 5) is 12.2. The molecule has 4 nitrogen and oxygen atoms in total. The summed E-state index contributed by atoms with van der Waals surface area (Å²) >= 11 is 19.8. The minimum atomic E-state index is -0.442. The van der Waals surface area contributed by atoms with E-state index in [9.17, 15) is 4.79 Å². The molecule has 0 aliphatic rings. The van der Waals surface area contributed by atoms with E-state index in [0.29, 0.717) is 15.0 Å². The van der Waals surface area contributed by atoms with Crippen LogP contribution < -0.4 is 10.6 Å². The van der Waals surface area contributed by atoms with Crippen LogP contribution in [0.2, 0.25) is 5.02 Å². The second-order valence-electron chi connectivity index (χ2n) is 5.15. The number of hydrogen-bond donors (Lipinski definition) is 2. The van der Waals surface area contributed by atoms with Crippen molar-refractivity contribution >= 4 is 99.6 Å². The first kappa shape index (κ1) is 19.6. The van der Waals surface area contributed by atoms with Crippen molar-refractivity contribution in [2.75, 3.05) is 17.7 Å². The predicted molar refractivity (Wildman–Crippen MR) is 120 cm³/mol. The topological polar surface area (TPSA) is 50.4 Å². The van der Waals surface area contributed by atoms with Gasteiger partial charge in [0.15, 0.2) is 5.11 Å². The maximum absolute atomic E-state index is 11.8. The van der Waals surface area contributed by atoms with Gasteiger partial charge < -0.3 is 15.4 Å². The Morgan fingerprint density at radius 1 is 1.19 bits per heavy atom. The van der Waals surface area contributed by atoms with Crippen LogP contribution in [0, 0.1) is 0 Å². The van der Waals surface area contributed by atoms with Crippen LogP contribution in [-0.4, -0.2) is 18.2 Å². The number of ether oxygens (including phenoxy) is 1. The molecule has 0 fully saturated rings. The molecule has 26 heavy (non-hydrogen) atoms. The minimum Gasteiger partial charge on any atom is -0.465 e. The molecule has 1 heterocycles. The van der Waals surface area contributed by atoms with Crippen LogP contribution in [0.15, 0.2) is 45.3 Å². The number of esters is 1. The van der Waals surface area contributed by atoms with E-state index in [1.807, 2.05) is 36.4 Å². The van der Waals surface area contributed by atoms with Gasteiger partial charge in [-0.3, -0.25) is 0 Å². The second-order valence-corrected chi connectivity index (χ2v) is 8.76. The average molecular weight is 535 g/mol. The largest absolute Gasteiger partial charge is 0.465 e. The number of fused-ring (bicyclic) bond motifs is 1. The molecule has 2 aromatic carbocycles. The molecule has 1 aromatic heterocycles. The fraction of sp³-hybridized carbons (Fsp3) is 0.0588. The highest BCUT2D eigenvalue weighted by Crippen LogP contribution is 2.37. The fourth-order valence-corrected chi connectivity index (χ4v) is 5.08. The Hall–Kier alpha value is -1.19. The molecule has 0 unspecified atom stereocenters. The number of halogens is 3. The first-order chi connectivity index (χ1) is 12.4. The van der Waals surface area contributed by atoms with Gasteiger partial charge in [0.25, 0.3) is 0 Å². The van der Waals surface area contributed by atoms with Crippen molar-refractivity contribution in [1.82, 2.24) is 0 Å². The number of rotatable bonds is 3. The van der Waals surface area contributed by atoms with Crippen molar-refractivity contribution in [2.45, 2.75) is 0 Å². The van der Waals surface area contributed by atoms with Gasteiger partial charge in [0.2, 0.25) is 0 Å². The van der Waals surface area contributed by atoms with E-state index in [2.05, 4.69) is 42.5 Å². The van der Waals surface area contributed by atoms with E-state index < -0.39 is 5.97 Å². The number of benzene rings is 2. The molecule has 0 atom stereocenters. The van der Waals surface area contributed by atoms with Crippen LogP contribution in [0.4, 0.5) is 11.4 Å².